The fourth-order valence-electron chi connectivity index (χ4n) is 16.4. The Balaban J connectivity index is 1.10. The van der Waals surface area contributed by atoms with Gasteiger partial charge in [-0.1, -0.05) is 88.1 Å². The van der Waals surface area contributed by atoms with Crippen molar-refractivity contribution >= 4 is 156 Å². The topological polar surface area (TPSA) is 669 Å². The first-order valence-electron chi connectivity index (χ1n) is 44.7. The predicted molar refractivity (Wildman–Crippen MR) is 496 cm³/mol. The molecule has 0 spiro atoms. The number of guanidine groups is 1. The van der Waals surface area contributed by atoms with Crippen LogP contribution in [0.5, 0.6) is 5.75 Å². The van der Waals surface area contributed by atoms with Crippen molar-refractivity contribution in [2.45, 2.75) is 221 Å². The number of nitrogens with two attached hydrogens (primary N) is 4. The number of nitrogens with zero attached hydrogens (tertiary/aromatic N) is 6. The highest BCUT2D eigenvalue weighted by molar-refractivity contribution is 8.00. The smallest absolute Gasteiger partial charge is 0.246 e. The Morgan fingerprint density at radius 3 is 1.64 bits per heavy atom. The summed E-state index contributed by atoms with van der Waals surface area (Å²) in [5.74, 6) is -19.2. The Bertz CT molecular complexity index is 5270. The van der Waals surface area contributed by atoms with Crippen LogP contribution in [0.25, 0.3) is 21.0 Å². The third-order valence-electron chi connectivity index (χ3n) is 23.9. The molecule has 2 unspecified atom stereocenters. The molecule has 9 rings (SSSR count). The first-order chi connectivity index (χ1) is 64.4. The van der Waals surface area contributed by atoms with Crippen LogP contribution >= 0.6 is 23.1 Å². The van der Waals surface area contributed by atoms with E-state index >= 15 is 33.6 Å². The number of amides is 18. The number of aliphatic hydroxyl groups excluding tert-OH is 1. The van der Waals surface area contributed by atoms with Gasteiger partial charge in [0.15, 0.2) is 5.96 Å². The second kappa shape index (κ2) is 50.3. The number of phenols is 1. The number of carbonyl (C=O) groups is 18. The van der Waals surface area contributed by atoms with Gasteiger partial charge in [0.25, 0.3) is 0 Å². The molecule has 6 heterocycles. The highest BCUT2D eigenvalue weighted by Crippen LogP contribution is 2.30. The number of aromatic amines is 2. The lowest BCUT2D eigenvalue weighted by Crippen LogP contribution is -2.62. The quantitative estimate of drug-likeness (QED) is 0.0143. The SMILES string of the molecule is CCCC[C@H]1C(=O)N(C)[C@@H](CCCC)C(=O)N[C@@H](CCCNC(=N)N)C(=O)NC(C(=O)NCC(N)=O)CSCC(=O)N[C@@H](Cc2ccc(O)cc2)C(=O)N(C)[C@@H](C)C(=O)N[C@@H](CC(N)=O)C(=O)N2CCC[C@H]2C(=O)N[C@@H](Cc2cnc[nH]2)C(=O)NC(CC(N)=O)C(=O)N2CCC[C@H]2C(=O)N[C@@H](Cc2c[nH]c3ccccc23)C(=O)N[C@@H](CO)C(=O)N[C@@H](Cc2csc3ccccc23)C(=O)N1C. The Kier molecular flexibility index (Phi) is 39.1. The highest BCUT2D eigenvalue weighted by Gasteiger charge is 2.46. The van der Waals surface area contributed by atoms with Gasteiger partial charge in [0.05, 0.1) is 38.1 Å². The molecule has 3 fully saturated rings. The molecule has 24 N–H and O–H groups in total. The molecule has 3 aliphatic heterocycles. The lowest BCUT2D eigenvalue weighted by atomic mass is 10.00. The van der Waals surface area contributed by atoms with Gasteiger partial charge in [0.1, 0.15) is 90.3 Å². The Hall–Kier alpha value is -13.8. The molecule has 0 aliphatic carbocycles. The summed E-state index contributed by atoms with van der Waals surface area (Å²) in [5.41, 5.74) is 24.9. The van der Waals surface area contributed by atoms with Crippen molar-refractivity contribution in [3.8, 4) is 5.75 Å². The standard InChI is InChI=1S/C89H122N24O20S2/c1-7-9-22-66-81(126)101-57(21-15-31-96-89(93)94)77(122)108-65(76(121)98-42-73(92)118)45-134-46-74(119)100-60(34-49-27-29-53(115)30-28-49)84(129)109(4)48(3)75(120)104-62(38-71(90)116)86(131)112-32-17-25-68(112)83(128)103-59(37-52-41-95-47-99-52)79(124)106-63(39-72(91)117)87(132)113-33-16-24-67(113)82(127)102-58(35-50-40-97-56-20-13-11-18-54(50)56)78(123)107-64(43-114)80(125)105-61(36-51-44-135-70-26-14-12-19-55(51)70)85(130)111(6)69(23-10-8-2)88(133)110(66)5/h11-14,18-20,26-30,40-41,44,47-48,57-69,97,114-115H,7-10,15-17,21-25,31-39,42-43,45-46H2,1-6H3,(H2,90,116)(H2,91,117)(H2,92,118)(H,95,99)(H,98,121)(H,100,119)(H,101,126)(H,102,127)(H,103,128)(H,104,120)(H,105,125)(H,106,124)(H,107,123)(H,108,122)(H4,93,94,96)/t48-,57-,58-,59-,60-,61-,62-,63?,64-,65?,66-,67-,68-,69-/m0/s1. The van der Waals surface area contributed by atoms with Gasteiger partial charge in [-0.05, 0) is 110 Å². The number of rotatable bonds is 26. The van der Waals surface area contributed by atoms with E-state index in [9.17, 15) is 63.0 Å². The summed E-state index contributed by atoms with van der Waals surface area (Å²) >= 11 is 2.10. The number of aromatic nitrogens is 3. The fraction of sp³-hybridized carbons (Fsp3) is 0.506. The van der Waals surface area contributed by atoms with Crippen molar-refractivity contribution in [2.75, 3.05) is 65.4 Å². The first kappa shape index (κ1) is 105. The lowest BCUT2D eigenvalue weighted by molar-refractivity contribution is -0.149. The van der Waals surface area contributed by atoms with Crippen LogP contribution in [0.4, 0.5) is 0 Å². The zero-order valence-electron chi connectivity index (χ0n) is 76.1. The average Bonchev–Trinajstić information content (AvgIpc) is 1.75. The zero-order valence-corrected chi connectivity index (χ0v) is 77.7. The maximum absolute atomic E-state index is 15.8. The van der Waals surface area contributed by atoms with Crippen molar-refractivity contribution < 1.29 is 96.5 Å². The number of benzene rings is 3. The zero-order chi connectivity index (χ0) is 98.4. The summed E-state index contributed by atoms with van der Waals surface area (Å²) in [4.78, 5) is 278. The maximum Gasteiger partial charge on any atom is 0.246 e. The van der Waals surface area contributed by atoms with Crippen molar-refractivity contribution in [1.82, 2.24) is 97.9 Å². The molecule has 3 aliphatic rings. The van der Waals surface area contributed by atoms with Crippen LogP contribution in [0.3, 0.4) is 0 Å². The van der Waals surface area contributed by atoms with Gasteiger partial charge in [-0.15, -0.1) is 23.1 Å². The summed E-state index contributed by atoms with van der Waals surface area (Å²) < 4.78 is 0.807. The van der Waals surface area contributed by atoms with Gasteiger partial charge in [-0.25, -0.2) is 4.98 Å². The van der Waals surface area contributed by atoms with Crippen LogP contribution in [0, 0.1) is 5.41 Å². The Morgan fingerprint density at radius 2 is 1.04 bits per heavy atom. The van der Waals surface area contributed by atoms with Crippen LogP contribution in [0.2, 0.25) is 0 Å². The van der Waals surface area contributed by atoms with Crippen LogP contribution in [0.15, 0.2) is 96.9 Å². The van der Waals surface area contributed by atoms with Gasteiger partial charge >= 0.3 is 0 Å². The van der Waals surface area contributed by atoms with E-state index in [1.807, 2.05) is 32.0 Å². The molecule has 730 valence electrons. The van der Waals surface area contributed by atoms with E-state index in [0.29, 0.717) is 58.7 Å². The second-order valence-electron chi connectivity index (χ2n) is 33.7. The van der Waals surface area contributed by atoms with Gasteiger partial charge in [0.2, 0.25) is 106 Å². The van der Waals surface area contributed by atoms with Crippen molar-refractivity contribution in [2.24, 2.45) is 22.9 Å². The number of primary amides is 3. The van der Waals surface area contributed by atoms with Gasteiger partial charge < -0.3 is 126 Å². The Labute approximate surface area is 786 Å². The number of phenolic OH excluding ortho intramolecular Hbond substituents is 1. The maximum atomic E-state index is 15.8. The predicted octanol–water partition coefficient (Wildman–Crippen LogP) is -3.34. The molecule has 0 bridgehead atoms. The number of H-pyrrole nitrogens is 2. The normalized spacial score (nSPS) is 24.1. The third kappa shape index (κ3) is 29.4. The molecule has 3 aromatic heterocycles. The number of thiophene rings is 1. The van der Waals surface area contributed by atoms with E-state index in [1.54, 1.807) is 41.9 Å². The highest BCUT2D eigenvalue weighted by atomic mass is 32.2. The number of aromatic hydroxyl groups is 1. The lowest BCUT2D eigenvalue weighted by Gasteiger charge is -2.36. The van der Waals surface area contributed by atoms with Crippen molar-refractivity contribution in [3.63, 3.8) is 0 Å². The fourth-order valence-corrected chi connectivity index (χ4v) is 18.2. The Morgan fingerprint density at radius 1 is 0.519 bits per heavy atom. The summed E-state index contributed by atoms with van der Waals surface area (Å²) in [6.07, 6.45) is 2.91. The van der Waals surface area contributed by atoms with E-state index in [-0.39, 0.29) is 108 Å². The van der Waals surface area contributed by atoms with E-state index in [0.717, 1.165) is 41.0 Å². The number of hydrogen-bond donors (Lipinski definition) is 20. The van der Waals surface area contributed by atoms with Crippen LogP contribution in [-0.2, 0) is 112 Å². The third-order valence-corrected chi connectivity index (χ3v) is 25.9. The number of para-hydroxylation sites is 1. The number of nitrogens with one attached hydrogen (secondary N) is 14. The van der Waals surface area contributed by atoms with Gasteiger partial charge in [-0.2, -0.15) is 0 Å². The average molecular weight is 1910 g/mol. The minimum absolute atomic E-state index is 0.00842. The molecular weight excluding hydrogens is 1790 g/mol. The molecule has 3 saturated heterocycles. The molecular formula is C89H122N24O20S2. The van der Waals surface area contributed by atoms with Gasteiger partial charge in [-0.3, -0.25) is 91.7 Å². The van der Waals surface area contributed by atoms with Crippen molar-refractivity contribution in [1.29, 1.82) is 5.41 Å². The molecule has 18 amide bonds. The molecule has 3 aromatic carbocycles. The second-order valence-corrected chi connectivity index (χ2v) is 35.7. The summed E-state index contributed by atoms with van der Waals surface area (Å²) in [5, 5.41) is 61.1. The number of carbonyl (C=O) groups excluding carboxylic acids is 18. The van der Waals surface area contributed by atoms with Crippen LogP contribution < -0.4 is 81.4 Å². The van der Waals surface area contributed by atoms with E-state index in [4.69, 9.17) is 28.3 Å². The van der Waals surface area contributed by atoms with E-state index < -0.39 is 234 Å². The number of fused-ring (bicyclic) bond motifs is 4. The van der Waals surface area contributed by atoms with Crippen molar-refractivity contribution in [3.05, 3.63) is 119 Å². The largest absolute Gasteiger partial charge is 0.508 e. The molecule has 44 nitrogen and oxygen atoms in total. The molecule has 6 aromatic rings. The number of thioether (sulfide) groups is 1. The summed E-state index contributed by atoms with van der Waals surface area (Å²) in [7, 11) is 3.89. The van der Waals surface area contributed by atoms with E-state index in [1.165, 1.54) is 76.2 Å². The minimum atomic E-state index is -1.88. The summed E-state index contributed by atoms with van der Waals surface area (Å²) in [6, 6.07) is -2.51. The van der Waals surface area contributed by atoms with Gasteiger partial charge in [0, 0.05) is 106 Å². The number of unbranched alkanes of at least 4 members (excludes halogenated alkanes) is 2. The molecule has 46 heteroatoms. The number of aliphatic hydroxyl groups is 1. The summed E-state index contributed by atoms with van der Waals surface area (Å²) in [6.45, 7) is 2.77. The molecule has 0 radical (unpaired) electrons. The number of hydrogen-bond acceptors (Lipinski definition) is 24. The molecule has 0 saturated carbocycles. The number of imidazole rings is 1. The molecule has 14 atom stereocenters. The minimum Gasteiger partial charge on any atom is -0.508 e. The molecule has 135 heavy (non-hydrogen) atoms. The van der Waals surface area contributed by atoms with E-state index in [2.05, 4.69) is 73.4 Å². The first-order valence-corrected chi connectivity index (χ1v) is 46.7. The monoisotopic (exact) mass is 1910 g/mol. The number of likely N-dealkylation sites (N-methyl/N-ethyl adjacent to an activating group) is 3. The van der Waals surface area contributed by atoms with Crippen LogP contribution in [0.1, 0.15) is 133 Å². The van der Waals surface area contributed by atoms with Crippen LogP contribution in [-0.4, -0.2) is 312 Å².